The second kappa shape index (κ2) is 7.35. The highest BCUT2D eigenvalue weighted by Gasteiger charge is 2.23. The van der Waals surface area contributed by atoms with Gasteiger partial charge in [-0.05, 0) is 20.9 Å². The summed E-state index contributed by atoms with van der Waals surface area (Å²) >= 11 is 0. The smallest absolute Gasteiger partial charge is 0.241 e. The van der Waals surface area contributed by atoms with E-state index in [1.807, 2.05) is 60.7 Å². The van der Waals surface area contributed by atoms with Gasteiger partial charge in [0.15, 0.2) is 11.3 Å². The van der Waals surface area contributed by atoms with Crippen molar-refractivity contribution in [3.63, 3.8) is 0 Å². The van der Waals surface area contributed by atoms with Gasteiger partial charge in [0, 0.05) is 11.1 Å². The first kappa shape index (κ1) is 19.5. The largest absolute Gasteiger partial charge is 0.279 e. The van der Waals surface area contributed by atoms with Crippen LogP contribution in [0.3, 0.4) is 0 Å². The maximum Gasteiger partial charge on any atom is 0.279 e. The molecule has 0 saturated heterocycles. The molecule has 8 aromatic rings. The first-order valence-corrected chi connectivity index (χ1v) is 11.1. The van der Waals surface area contributed by atoms with Crippen LogP contribution in [0.1, 0.15) is 11.6 Å². The van der Waals surface area contributed by atoms with Crippen LogP contribution < -0.4 is 0 Å². The molecule has 0 aliphatic rings. The zero-order valence-electron chi connectivity index (χ0n) is 18.6. The highest BCUT2D eigenvalue weighted by molar-refractivity contribution is 5.75. The lowest BCUT2D eigenvalue weighted by molar-refractivity contribution is 0.722. The molecule has 0 radical (unpaired) electrons. The summed E-state index contributed by atoms with van der Waals surface area (Å²) in [6.07, 6.45) is 0.226. The van der Waals surface area contributed by atoms with E-state index in [4.69, 9.17) is 0 Å². The summed E-state index contributed by atoms with van der Waals surface area (Å²) in [4.78, 5) is 0. The van der Waals surface area contributed by atoms with E-state index in [0.29, 0.717) is 45.9 Å². The minimum Gasteiger partial charge on any atom is -0.241 e. The number of fused-ring (bicyclic) bond motifs is 6. The molecule has 0 unspecified atom stereocenters. The van der Waals surface area contributed by atoms with E-state index in [2.05, 4.69) is 61.6 Å². The minimum absolute atomic E-state index is 0.226. The highest BCUT2D eigenvalue weighted by Crippen LogP contribution is 2.25. The highest BCUT2D eigenvalue weighted by atomic mass is 15.6. The first-order chi connectivity index (χ1) is 18.3. The molecule has 0 aliphatic heterocycles. The molecule has 176 valence electrons. The zero-order valence-corrected chi connectivity index (χ0v) is 18.6. The summed E-state index contributed by atoms with van der Waals surface area (Å²) in [5.41, 5.74) is 3.91. The zero-order chi connectivity index (χ0) is 24.3. The molecule has 0 fully saturated rings. The summed E-state index contributed by atoms with van der Waals surface area (Å²) < 4.78 is 6.22. The van der Waals surface area contributed by atoms with Gasteiger partial charge in [-0.2, -0.15) is 0 Å². The van der Waals surface area contributed by atoms with Gasteiger partial charge in [-0.1, -0.05) is 80.1 Å². The topological polar surface area (TPSA) is 172 Å². The quantitative estimate of drug-likeness (QED) is 0.333. The van der Waals surface area contributed by atoms with Crippen LogP contribution >= 0.6 is 0 Å². The van der Waals surface area contributed by atoms with Crippen LogP contribution in [-0.4, -0.2) is 79.7 Å². The van der Waals surface area contributed by atoms with Crippen molar-refractivity contribution in [1.82, 2.24) is 79.7 Å². The van der Waals surface area contributed by atoms with E-state index in [1.165, 1.54) is 9.26 Å². The minimum atomic E-state index is 0.226. The Morgan fingerprint density at radius 2 is 0.973 bits per heavy atom. The summed E-state index contributed by atoms with van der Waals surface area (Å²) in [5.74, 6) is 1.80. The van der Waals surface area contributed by atoms with Gasteiger partial charge in [-0.25, -0.2) is 8.80 Å². The number of hydrogen-bond donors (Lipinski definition) is 0. The number of tetrazole rings is 2. The Labute approximate surface area is 204 Å². The fourth-order valence-corrected chi connectivity index (χ4v) is 4.33. The number of benzene rings is 2. The molecule has 6 heterocycles. The molecule has 0 aliphatic carbocycles. The first-order valence-electron chi connectivity index (χ1n) is 11.1. The van der Waals surface area contributed by atoms with E-state index in [0.717, 1.165) is 11.1 Å². The van der Waals surface area contributed by atoms with Crippen LogP contribution in [0.15, 0.2) is 60.7 Å². The molecular formula is C21H12N16. The van der Waals surface area contributed by atoms with Crippen molar-refractivity contribution in [2.45, 2.75) is 6.42 Å². The summed E-state index contributed by atoms with van der Waals surface area (Å²) in [6, 6.07) is 19.3. The van der Waals surface area contributed by atoms with Gasteiger partial charge in [0.05, 0.1) is 6.42 Å². The maximum atomic E-state index is 4.56. The summed E-state index contributed by atoms with van der Waals surface area (Å²) in [6.45, 7) is 0. The Hall–Kier alpha value is -5.80. The molecule has 8 rings (SSSR count). The molecule has 6 aromatic heterocycles. The van der Waals surface area contributed by atoms with Crippen molar-refractivity contribution in [1.29, 1.82) is 0 Å². The van der Waals surface area contributed by atoms with Gasteiger partial charge in [-0.15, -0.1) is 30.6 Å². The average Bonchev–Trinajstić information content (AvgIpc) is 3.74. The second-order valence-electron chi connectivity index (χ2n) is 8.09. The van der Waals surface area contributed by atoms with E-state index in [9.17, 15) is 0 Å². The molecule has 0 atom stereocenters. The Balaban J connectivity index is 1.35. The fourth-order valence-electron chi connectivity index (χ4n) is 4.33. The predicted molar refractivity (Wildman–Crippen MR) is 124 cm³/mol. The Morgan fingerprint density at radius 3 is 1.43 bits per heavy atom. The van der Waals surface area contributed by atoms with Gasteiger partial charge in [-0.3, -0.25) is 0 Å². The maximum absolute atomic E-state index is 4.56. The van der Waals surface area contributed by atoms with Crippen molar-refractivity contribution >= 4 is 22.8 Å². The van der Waals surface area contributed by atoms with Crippen LogP contribution in [0.2, 0.25) is 0 Å². The third-order valence-corrected chi connectivity index (χ3v) is 5.96. The van der Waals surface area contributed by atoms with Crippen molar-refractivity contribution in [2.75, 3.05) is 0 Å². The molecule has 37 heavy (non-hydrogen) atoms. The van der Waals surface area contributed by atoms with Gasteiger partial charge >= 0.3 is 0 Å². The summed E-state index contributed by atoms with van der Waals surface area (Å²) in [5, 5.41) is 50.7. The number of hydrogen-bond acceptors (Lipinski definition) is 12. The van der Waals surface area contributed by atoms with Crippen molar-refractivity contribution in [2.24, 2.45) is 0 Å². The van der Waals surface area contributed by atoms with E-state index in [1.54, 1.807) is 8.80 Å². The van der Waals surface area contributed by atoms with Gasteiger partial charge in [0.25, 0.3) is 11.6 Å². The third-order valence-electron chi connectivity index (χ3n) is 5.96. The van der Waals surface area contributed by atoms with Gasteiger partial charge < -0.3 is 0 Å². The predicted octanol–water partition coefficient (Wildman–Crippen LogP) is 0.362. The van der Waals surface area contributed by atoms with Crippen molar-refractivity contribution in [3.8, 4) is 22.5 Å². The molecule has 0 spiro atoms. The van der Waals surface area contributed by atoms with Crippen molar-refractivity contribution < 1.29 is 0 Å². The number of aromatic nitrogens is 16. The van der Waals surface area contributed by atoms with Gasteiger partial charge in [0.2, 0.25) is 0 Å². The van der Waals surface area contributed by atoms with E-state index < -0.39 is 0 Å². The SMILES string of the molecule is c1ccc(-c2nn3nnnc3n3c(Cc4nnc5c(-c6ccccc6)nn6nnnc6n45)nnc23)cc1. The lowest BCUT2D eigenvalue weighted by Gasteiger charge is -2.06. The van der Waals surface area contributed by atoms with Crippen LogP contribution in [0.4, 0.5) is 0 Å². The van der Waals surface area contributed by atoms with Crippen molar-refractivity contribution in [3.05, 3.63) is 72.3 Å². The Bertz CT molecular complexity index is 1920. The van der Waals surface area contributed by atoms with Crippen LogP contribution in [-0.2, 0) is 6.42 Å². The number of rotatable bonds is 4. The lowest BCUT2D eigenvalue weighted by atomic mass is 10.1. The van der Waals surface area contributed by atoms with Gasteiger partial charge in [0.1, 0.15) is 23.0 Å². The van der Waals surface area contributed by atoms with Crippen LogP contribution in [0, 0.1) is 0 Å². The lowest BCUT2D eigenvalue weighted by Crippen LogP contribution is -2.09. The summed E-state index contributed by atoms with van der Waals surface area (Å²) in [7, 11) is 0. The van der Waals surface area contributed by atoms with E-state index >= 15 is 0 Å². The Kier molecular flexibility index (Phi) is 3.87. The molecule has 0 amide bonds. The normalized spacial score (nSPS) is 11.9. The monoisotopic (exact) mass is 488 g/mol. The molecule has 0 saturated carbocycles. The average molecular weight is 488 g/mol. The molecule has 0 bridgehead atoms. The van der Waals surface area contributed by atoms with Crippen LogP contribution in [0.5, 0.6) is 0 Å². The third kappa shape index (κ3) is 2.83. The Morgan fingerprint density at radius 1 is 0.514 bits per heavy atom. The fraction of sp³-hybridized carbons (Fsp3) is 0.0476. The number of nitrogens with zero attached hydrogens (tertiary/aromatic N) is 16. The second-order valence-corrected chi connectivity index (χ2v) is 8.09. The molecule has 16 heteroatoms. The molecular weight excluding hydrogens is 476 g/mol. The molecule has 16 nitrogen and oxygen atoms in total. The van der Waals surface area contributed by atoms with Crippen LogP contribution in [0.25, 0.3) is 45.4 Å². The molecule has 2 aromatic carbocycles. The van der Waals surface area contributed by atoms with E-state index in [-0.39, 0.29) is 6.42 Å². The standard InChI is InChI=1S/C21H12N16/c1-3-7-12(8-4-1)16-18-24-22-14(34(18)20-26-30-32-36(20)28-16)11-15-23-25-19-17(13-9-5-2-6-10-13)29-37-21(35(15)19)27-31-33-37/h1-10H,11H2. The molecule has 0 N–H and O–H groups in total.